The molecule has 0 unspecified atom stereocenters. The minimum Gasteiger partial charge on any atom is -0.294 e. The van der Waals surface area contributed by atoms with Gasteiger partial charge in [-0.25, -0.2) is 4.98 Å². The topological polar surface area (TPSA) is 30.0 Å². The molecular formula is C11H11NOS2. The zero-order chi connectivity index (χ0) is 11.0. The monoisotopic (exact) mass is 237 g/mol. The van der Waals surface area contributed by atoms with Gasteiger partial charge in [0.15, 0.2) is 5.78 Å². The van der Waals surface area contributed by atoms with Gasteiger partial charge in [-0.1, -0.05) is 0 Å². The quantitative estimate of drug-likeness (QED) is 0.746. The third kappa shape index (κ3) is 2.01. The van der Waals surface area contributed by atoms with E-state index in [1.54, 1.807) is 24.5 Å². The number of aromatic nitrogens is 1. The van der Waals surface area contributed by atoms with Crippen molar-refractivity contribution in [3.8, 4) is 10.6 Å². The lowest BCUT2D eigenvalue weighted by Crippen LogP contribution is -1.83. The maximum Gasteiger partial charge on any atom is 0.171 e. The number of thiophene rings is 1. The van der Waals surface area contributed by atoms with Gasteiger partial charge < -0.3 is 0 Å². The fourth-order valence-corrected chi connectivity index (χ4v) is 3.28. The van der Waals surface area contributed by atoms with Crippen molar-refractivity contribution in [2.45, 2.75) is 20.8 Å². The number of aryl methyl sites for hydroxylation is 2. The maximum absolute atomic E-state index is 11.2. The molecule has 0 N–H and O–H groups in total. The Hall–Kier alpha value is -1.00. The molecule has 15 heavy (non-hydrogen) atoms. The van der Waals surface area contributed by atoms with E-state index in [2.05, 4.69) is 24.9 Å². The largest absolute Gasteiger partial charge is 0.294 e. The summed E-state index contributed by atoms with van der Waals surface area (Å²) in [5.74, 6) is 0.0864. The molecule has 0 atom stereocenters. The molecular weight excluding hydrogens is 226 g/mol. The molecule has 0 aliphatic heterocycles. The van der Waals surface area contributed by atoms with Crippen LogP contribution in [0, 0.1) is 13.8 Å². The van der Waals surface area contributed by atoms with E-state index in [1.165, 1.54) is 21.1 Å². The predicted molar refractivity (Wildman–Crippen MR) is 64.9 cm³/mol. The summed E-state index contributed by atoms with van der Waals surface area (Å²) in [6.45, 7) is 5.74. The summed E-state index contributed by atoms with van der Waals surface area (Å²) < 4.78 is 0. The lowest BCUT2D eigenvalue weighted by molar-refractivity contribution is 0.102. The second kappa shape index (κ2) is 3.87. The number of nitrogens with zero attached hydrogens (tertiary/aromatic N) is 1. The minimum atomic E-state index is 0.0864. The van der Waals surface area contributed by atoms with E-state index in [9.17, 15) is 4.79 Å². The second-order valence-electron chi connectivity index (χ2n) is 3.41. The Morgan fingerprint density at radius 1 is 1.33 bits per heavy atom. The van der Waals surface area contributed by atoms with E-state index in [0.717, 1.165) is 15.4 Å². The molecule has 2 aromatic rings. The molecule has 0 saturated carbocycles. The number of Topliss-reactive ketones (excluding diaryl/α,β-unsaturated/α-hetero) is 1. The molecule has 2 heterocycles. The van der Waals surface area contributed by atoms with Crippen molar-refractivity contribution in [1.29, 1.82) is 0 Å². The van der Waals surface area contributed by atoms with E-state index in [0.29, 0.717) is 0 Å². The lowest BCUT2D eigenvalue weighted by Gasteiger charge is -1.91. The van der Waals surface area contributed by atoms with E-state index in [-0.39, 0.29) is 5.78 Å². The van der Waals surface area contributed by atoms with Crippen molar-refractivity contribution in [3.63, 3.8) is 0 Å². The molecule has 2 aromatic heterocycles. The molecule has 0 aliphatic rings. The maximum atomic E-state index is 11.2. The highest BCUT2D eigenvalue weighted by molar-refractivity contribution is 7.17. The molecule has 0 bridgehead atoms. The van der Waals surface area contributed by atoms with Crippen molar-refractivity contribution >= 4 is 28.5 Å². The zero-order valence-electron chi connectivity index (χ0n) is 8.83. The minimum absolute atomic E-state index is 0.0864. The summed E-state index contributed by atoms with van der Waals surface area (Å²) in [6.07, 6.45) is 1.66. The molecule has 2 nitrogen and oxygen atoms in total. The van der Waals surface area contributed by atoms with Crippen molar-refractivity contribution in [2.75, 3.05) is 0 Å². The summed E-state index contributed by atoms with van der Waals surface area (Å²) in [5, 5.41) is 0.946. The summed E-state index contributed by atoms with van der Waals surface area (Å²) in [4.78, 5) is 18.7. The van der Waals surface area contributed by atoms with Crippen molar-refractivity contribution in [1.82, 2.24) is 4.98 Å². The number of thiazole rings is 1. The first kappa shape index (κ1) is 10.5. The molecule has 0 aliphatic carbocycles. The second-order valence-corrected chi connectivity index (χ2v) is 5.90. The number of hydrogen-bond acceptors (Lipinski definition) is 4. The third-order valence-corrected chi connectivity index (χ3v) is 4.22. The van der Waals surface area contributed by atoms with E-state index < -0.39 is 0 Å². The van der Waals surface area contributed by atoms with Crippen LogP contribution in [0.1, 0.15) is 26.3 Å². The first-order valence-corrected chi connectivity index (χ1v) is 6.25. The van der Waals surface area contributed by atoms with Crippen LogP contribution in [0.25, 0.3) is 10.6 Å². The van der Waals surface area contributed by atoms with Gasteiger partial charge >= 0.3 is 0 Å². The van der Waals surface area contributed by atoms with Crippen LogP contribution in [0.5, 0.6) is 0 Å². The molecule has 0 aromatic carbocycles. The van der Waals surface area contributed by atoms with Crippen LogP contribution in [0.4, 0.5) is 0 Å². The highest BCUT2D eigenvalue weighted by Crippen LogP contribution is 2.33. The molecule has 0 radical (unpaired) electrons. The summed E-state index contributed by atoms with van der Waals surface area (Å²) in [5.41, 5.74) is 1.16. The number of hydrogen-bond donors (Lipinski definition) is 0. The SMILES string of the molecule is CC(=O)c1cnc(-c2cc(C)sc2C)s1. The first-order valence-electron chi connectivity index (χ1n) is 4.62. The fraction of sp³-hybridized carbons (Fsp3) is 0.273. The molecule has 0 fully saturated rings. The number of carbonyl (C=O) groups is 1. The van der Waals surface area contributed by atoms with Crippen LogP contribution >= 0.6 is 22.7 Å². The summed E-state index contributed by atoms with van der Waals surface area (Å²) >= 11 is 3.23. The van der Waals surface area contributed by atoms with Crippen LogP contribution in [-0.4, -0.2) is 10.8 Å². The molecule has 0 amide bonds. The Morgan fingerprint density at radius 2 is 2.07 bits per heavy atom. The van der Waals surface area contributed by atoms with Crippen molar-refractivity contribution in [2.24, 2.45) is 0 Å². The Morgan fingerprint density at radius 3 is 2.53 bits per heavy atom. The molecule has 0 spiro atoms. The average molecular weight is 237 g/mol. The zero-order valence-corrected chi connectivity index (χ0v) is 10.5. The van der Waals surface area contributed by atoms with Gasteiger partial charge in [-0.05, 0) is 19.9 Å². The predicted octanol–water partition coefficient (Wildman–Crippen LogP) is 3.69. The van der Waals surface area contributed by atoms with Gasteiger partial charge in [-0.15, -0.1) is 22.7 Å². The van der Waals surface area contributed by atoms with E-state index >= 15 is 0 Å². The molecule has 4 heteroatoms. The van der Waals surface area contributed by atoms with Gasteiger partial charge in [0.1, 0.15) is 5.01 Å². The Kier molecular flexibility index (Phi) is 2.71. The number of ketones is 1. The summed E-state index contributed by atoms with van der Waals surface area (Å²) in [7, 11) is 0. The summed E-state index contributed by atoms with van der Waals surface area (Å²) in [6, 6.07) is 2.13. The van der Waals surface area contributed by atoms with Gasteiger partial charge in [-0.3, -0.25) is 4.79 Å². The van der Waals surface area contributed by atoms with Crippen LogP contribution in [0.3, 0.4) is 0 Å². The smallest absolute Gasteiger partial charge is 0.171 e. The molecule has 0 saturated heterocycles. The van der Waals surface area contributed by atoms with E-state index in [1.807, 2.05) is 0 Å². The van der Waals surface area contributed by atoms with Crippen molar-refractivity contribution < 1.29 is 4.79 Å². The highest BCUT2D eigenvalue weighted by atomic mass is 32.1. The van der Waals surface area contributed by atoms with Crippen LogP contribution in [0.15, 0.2) is 12.3 Å². The molecule has 2 rings (SSSR count). The molecule has 78 valence electrons. The van der Waals surface area contributed by atoms with Crippen LogP contribution in [0.2, 0.25) is 0 Å². The standard InChI is InChI=1S/C11H11NOS2/c1-6-4-9(8(3)14-6)11-12-5-10(15-11)7(2)13/h4-5H,1-3H3. The van der Waals surface area contributed by atoms with Gasteiger partial charge in [0.05, 0.1) is 4.88 Å². The highest BCUT2D eigenvalue weighted by Gasteiger charge is 2.11. The Labute approximate surface area is 96.6 Å². The average Bonchev–Trinajstić information content (AvgIpc) is 2.71. The van der Waals surface area contributed by atoms with Crippen LogP contribution in [-0.2, 0) is 0 Å². The number of carbonyl (C=O) groups excluding carboxylic acids is 1. The normalized spacial score (nSPS) is 10.6. The Bertz CT molecular complexity index is 510. The van der Waals surface area contributed by atoms with Gasteiger partial charge in [0.25, 0.3) is 0 Å². The van der Waals surface area contributed by atoms with Gasteiger partial charge in [0.2, 0.25) is 0 Å². The lowest BCUT2D eigenvalue weighted by atomic mass is 10.2. The van der Waals surface area contributed by atoms with Gasteiger partial charge in [-0.2, -0.15) is 0 Å². The van der Waals surface area contributed by atoms with Crippen LogP contribution < -0.4 is 0 Å². The third-order valence-electron chi connectivity index (χ3n) is 2.12. The van der Waals surface area contributed by atoms with Gasteiger partial charge in [0, 0.05) is 28.4 Å². The number of rotatable bonds is 2. The van der Waals surface area contributed by atoms with E-state index in [4.69, 9.17) is 0 Å². The Balaban J connectivity index is 2.45. The first-order chi connectivity index (χ1) is 7.08. The van der Waals surface area contributed by atoms with Crippen molar-refractivity contribution in [3.05, 3.63) is 26.9 Å². The fourth-order valence-electron chi connectivity index (χ4n) is 1.40.